The van der Waals surface area contributed by atoms with Crippen molar-refractivity contribution in [3.63, 3.8) is 0 Å². The molecule has 0 aromatic rings. The summed E-state index contributed by atoms with van der Waals surface area (Å²) in [6.07, 6.45) is 3.65. The molecule has 94 valence electrons. The number of methoxy groups -OCH3 is 1. The van der Waals surface area contributed by atoms with Gasteiger partial charge in [-0.1, -0.05) is 6.92 Å². The normalized spacial score (nSPS) is 28.6. The number of carbonyl (C=O) groups is 1. The summed E-state index contributed by atoms with van der Waals surface area (Å²) >= 11 is 0. The van der Waals surface area contributed by atoms with Gasteiger partial charge in [0.25, 0.3) is 0 Å². The zero-order valence-corrected chi connectivity index (χ0v) is 10.5. The lowest BCUT2D eigenvalue weighted by molar-refractivity contribution is -0.146. The van der Waals surface area contributed by atoms with Crippen LogP contribution in [0.1, 0.15) is 39.5 Å². The minimum atomic E-state index is -0.140. The third-order valence-corrected chi connectivity index (χ3v) is 3.10. The molecule has 0 atom stereocenters. The molecule has 0 heterocycles. The van der Waals surface area contributed by atoms with Crippen LogP contribution >= 0.6 is 0 Å². The van der Waals surface area contributed by atoms with E-state index in [-0.39, 0.29) is 11.5 Å². The molecule has 1 rings (SSSR count). The van der Waals surface area contributed by atoms with Gasteiger partial charge in [-0.05, 0) is 32.7 Å². The zero-order chi connectivity index (χ0) is 12.0. The van der Waals surface area contributed by atoms with Gasteiger partial charge in [-0.25, -0.2) is 0 Å². The van der Waals surface area contributed by atoms with Crippen LogP contribution in [0.5, 0.6) is 0 Å². The number of esters is 1. The fourth-order valence-corrected chi connectivity index (χ4v) is 2.26. The van der Waals surface area contributed by atoms with Crippen LogP contribution < -0.4 is 5.32 Å². The number of carbonyl (C=O) groups excluding carboxylic acids is 1. The van der Waals surface area contributed by atoms with Gasteiger partial charge in [0.15, 0.2) is 0 Å². The van der Waals surface area contributed by atoms with Crippen LogP contribution in [0.4, 0.5) is 0 Å². The number of ether oxygens (including phenoxy) is 2. The van der Waals surface area contributed by atoms with E-state index in [9.17, 15) is 4.79 Å². The topological polar surface area (TPSA) is 47.6 Å². The van der Waals surface area contributed by atoms with Crippen molar-refractivity contribution in [2.75, 3.05) is 20.3 Å². The first-order valence-electron chi connectivity index (χ1n) is 6.09. The molecular formula is C12H23NO3. The van der Waals surface area contributed by atoms with Gasteiger partial charge in [-0.15, -0.1) is 0 Å². The molecule has 1 aliphatic rings. The van der Waals surface area contributed by atoms with Gasteiger partial charge in [-0.2, -0.15) is 0 Å². The van der Waals surface area contributed by atoms with E-state index in [4.69, 9.17) is 9.47 Å². The molecule has 16 heavy (non-hydrogen) atoms. The molecule has 4 nitrogen and oxygen atoms in total. The van der Waals surface area contributed by atoms with E-state index >= 15 is 0 Å². The van der Waals surface area contributed by atoms with E-state index in [1.54, 1.807) is 0 Å². The van der Waals surface area contributed by atoms with Crippen molar-refractivity contribution in [1.82, 2.24) is 5.32 Å². The van der Waals surface area contributed by atoms with Crippen LogP contribution in [0, 0.1) is 0 Å². The Morgan fingerprint density at radius 1 is 1.44 bits per heavy atom. The Balaban J connectivity index is 2.42. The van der Waals surface area contributed by atoms with E-state index < -0.39 is 0 Å². The second-order valence-corrected chi connectivity index (χ2v) is 4.45. The molecule has 0 aromatic heterocycles. The lowest BCUT2D eigenvalue weighted by atomic mass is 9.72. The smallest absolute Gasteiger partial charge is 0.307 e. The van der Waals surface area contributed by atoms with Gasteiger partial charge in [0.1, 0.15) is 0 Å². The highest BCUT2D eigenvalue weighted by atomic mass is 16.5. The van der Waals surface area contributed by atoms with Gasteiger partial charge in [0.2, 0.25) is 0 Å². The molecule has 0 radical (unpaired) electrons. The molecule has 0 spiro atoms. The third-order valence-electron chi connectivity index (χ3n) is 3.10. The second-order valence-electron chi connectivity index (χ2n) is 4.45. The summed E-state index contributed by atoms with van der Waals surface area (Å²) in [5, 5.41) is 3.46. The molecule has 1 aliphatic carbocycles. The lowest BCUT2D eigenvalue weighted by Gasteiger charge is -2.47. The molecule has 0 aromatic carbocycles. The number of nitrogens with one attached hydrogen (secondary N) is 1. The molecule has 0 amide bonds. The lowest BCUT2D eigenvalue weighted by Crippen LogP contribution is -2.59. The molecular weight excluding hydrogens is 206 g/mol. The first-order valence-corrected chi connectivity index (χ1v) is 6.09. The maximum Gasteiger partial charge on any atom is 0.307 e. The highest BCUT2D eigenvalue weighted by molar-refractivity contribution is 5.71. The summed E-state index contributed by atoms with van der Waals surface area (Å²) in [7, 11) is 1.44. The Hall–Kier alpha value is -0.610. The summed E-state index contributed by atoms with van der Waals surface area (Å²) in [4.78, 5) is 11.3. The first-order chi connectivity index (χ1) is 7.65. The highest BCUT2D eigenvalue weighted by Gasteiger charge is 2.45. The zero-order valence-electron chi connectivity index (χ0n) is 10.5. The Bertz CT molecular complexity index is 224. The predicted molar refractivity (Wildman–Crippen MR) is 62.3 cm³/mol. The summed E-state index contributed by atoms with van der Waals surface area (Å²) < 4.78 is 10.3. The van der Waals surface area contributed by atoms with E-state index in [0.717, 1.165) is 32.4 Å². The maximum absolute atomic E-state index is 11.3. The van der Waals surface area contributed by atoms with Crippen LogP contribution in [0.3, 0.4) is 0 Å². The summed E-state index contributed by atoms with van der Waals surface area (Å²) in [5.74, 6) is -0.140. The number of rotatable bonds is 7. The minimum Gasteiger partial charge on any atom is -0.469 e. The predicted octanol–water partition coefficient (Wildman–Crippen LogP) is 1.49. The SMILES string of the molecule is CCCNC1(CC(=O)OC)CC(OCC)C1. The maximum atomic E-state index is 11.3. The van der Waals surface area contributed by atoms with E-state index in [1.165, 1.54) is 7.11 Å². The van der Waals surface area contributed by atoms with Gasteiger partial charge < -0.3 is 14.8 Å². The fourth-order valence-electron chi connectivity index (χ4n) is 2.26. The molecule has 1 saturated carbocycles. The third kappa shape index (κ3) is 3.46. The molecule has 0 unspecified atom stereocenters. The van der Waals surface area contributed by atoms with Gasteiger partial charge in [-0.3, -0.25) is 4.79 Å². The van der Waals surface area contributed by atoms with Crippen LogP contribution in [-0.4, -0.2) is 37.9 Å². The highest BCUT2D eigenvalue weighted by Crippen LogP contribution is 2.37. The van der Waals surface area contributed by atoms with Crippen molar-refractivity contribution >= 4 is 5.97 Å². The van der Waals surface area contributed by atoms with Crippen molar-refractivity contribution in [2.45, 2.75) is 51.2 Å². The van der Waals surface area contributed by atoms with Crippen molar-refractivity contribution in [2.24, 2.45) is 0 Å². The minimum absolute atomic E-state index is 0.0804. The summed E-state index contributed by atoms with van der Waals surface area (Å²) in [6.45, 7) is 5.81. The molecule has 0 bridgehead atoms. The standard InChI is InChI=1S/C12H23NO3/c1-4-6-13-12(9-11(14)15-3)7-10(8-12)16-5-2/h10,13H,4-9H2,1-3H3. The molecule has 1 N–H and O–H groups in total. The van der Waals surface area contributed by atoms with E-state index in [2.05, 4.69) is 12.2 Å². The first kappa shape index (κ1) is 13.5. The Labute approximate surface area is 97.7 Å². The van der Waals surface area contributed by atoms with Crippen molar-refractivity contribution in [3.05, 3.63) is 0 Å². The fraction of sp³-hybridized carbons (Fsp3) is 0.917. The largest absolute Gasteiger partial charge is 0.469 e. The molecule has 1 fully saturated rings. The number of hydrogen-bond donors (Lipinski definition) is 1. The second kappa shape index (κ2) is 6.21. The van der Waals surface area contributed by atoms with Gasteiger partial charge in [0.05, 0.1) is 19.6 Å². The van der Waals surface area contributed by atoms with Gasteiger partial charge in [0, 0.05) is 12.1 Å². The van der Waals surface area contributed by atoms with Crippen LogP contribution in [0.2, 0.25) is 0 Å². The van der Waals surface area contributed by atoms with Crippen molar-refractivity contribution < 1.29 is 14.3 Å². The monoisotopic (exact) mass is 229 g/mol. The van der Waals surface area contributed by atoms with E-state index in [1.807, 2.05) is 6.92 Å². The van der Waals surface area contributed by atoms with Gasteiger partial charge >= 0.3 is 5.97 Å². The van der Waals surface area contributed by atoms with Crippen LogP contribution in [0.15, 0.2) is 0 Å². The average molecular weight is 229 g/mol. The van der Waals surface area contributed by atoms with Crippen LogP contribution in [-0.2, 0) is 14.3 Å². The Morgan fingerprint density at radius 3 is 2.62 bits per heavy atom. The number of hydrogen-bond acceptors (Lipinski definition) is 4. The Morgan fingerprint density at radius 2 is 2.12 bits per heavy atom. The summed E-state index contributed by atoms with van der Waals surface area (Å²) in [5.41, 5.74) is -0.0804. The average Bonchev–Trinajstić information content (AvgIpc) is 2.23. The molecule has 0 saturated heterocycles. The molecule has 0 aliphatic heterocycles. The van der Waals surface area contributed by atoms with E-state index in [0.29, 0.717) is 12.5 Å². The van der Waals surface area contributed by atoms with Crippen molar-refractivity contribution in [1.29, 1.82) is 0 Å². The van der Waals surface area contributed by atoms with Crippen LogP contribution in [0.25, 0.3) is 0 Å². The Kier molecular flexibility index (Phi) is 5.22. The summed E-state index contributed by atoms with van der Waals surface area (Å²) in [6, 6.07) is 0. The molecule has 4 heteroatoms. The van der Waals surface area contributed by atoms with Crippen molar-refractivity contribution in [3.8, 4) is 0 Å². The quantitative estimate of drug-likeness (QED) is 0.672.